The molecule has 1 N–H and O–H groups in total. The fraction of sp³-hybridized carbons (Fsp3) is 0.611. The van der Waals surface area contributed by atoms with Crippen molar-refractivity contribution < 1.29 is 4.79 Å². The molecule has 0 aromatic carbocycles. The normalized spacial score (nSPS) is 18.9. The van der Waals surface area contributed by atoms with Crippen LogP contribution >= 0.6 is 0 Å². The van der Waals surface area contributed by atoms with Crippen LogP contribution in [0.4, 0.5) is 11.8 Å². The lowest BCUT2D eigenvalue weighted by molar-refractivity contribution is -0.117. The summed E-state index contributed by atoms with van der Waals surface area (Å²) in [5.41, 5.74) is 0.771. The first kappa shape index (κ1) is 16.3. The van der Waals surface area contributed by atoms with Gasteiger partial charge in [-0.3, -0.25) is 15.0 Å². The number of amides is 1. The van der Waals surface area contributed by atoms with Crippen molar-refractivity contribution in [3.63, 3.8) is 0 Å². The van der Waals surface area contributed by atoms with Gasteiger partial charge < -0.3 is 4.90 Å². The zero-order valence-corrected chi connectivity index (χ0v) is 15.0. The summed E-state index contributed by atoms with van der Waals surface area (Å²) in [6.07, 6.45) is 1.95. The number of hydrogen-bond acceptors (Lipinski definition) is 5. The largest absolute Gasteiger partial charge is 0.354 e. The van der Waals surface area contributed by atoms with Crippen LogP contribution in [0.5, 0.6) is 0 Å². The summed E-state index contributed by atoms with van der Waals surface area (Å²) < 4.78 is 1.85. The summed E-state index contributed by atoms with van der Waals surface area (Å²) in [7, 11) is 0. The molecule has 25 heavy (non-hydrogen) atoms. The molecule has 7 nitrogen and oxygen atoms in total. The average Bonchev–Trinajstić information content (AvgIpc) is 3.35. The molecule has 1 aliphatic heterocycles. The van der Waals surface area contributed by atoms with Gasteiger partial charge in [-0.05, 0) is 30.9 Å². The van der Waals surface area contributed by atoms with E-state index in [0.717, 1.165) is 57.0 Å². The van der Waals surface area contributed by atoms with E-state index in [9.17, 15) is 4.79 Å². The molecule has 2 aromatic rings. The van der Waals surface area contributed by atoms with Gasteiger partial charge in [0.05, 0.1) is 0 Å². The second kappa shape index (κ2) is 6.63. The number of carbonyl (C=O) groups excluding carboxylic acids is 1. The first-order chi connectivity index (χ1) is 12.1. The fourth-order valence-electron chi connectivity index (χ4n) is 3.42. The van der Waals surface area contributed by atoms with Crippen LogP contribution in [0.3, 0.4) is 0 Å². The molecule has 2 aromatic heterocycles. The lowest BCUT2D eigenvalue weighted by atomic mass is 10.2. The maximum atomic E-state index is 11.9. The molecule has 1 amide bonds. The van der Waals surface area contributed by atoms with Crippen LogP contribution in [0.2, 0.25) is 0 Å². The highest BCUT2D eigenvalue weighted by Gasteiger charge is 2.30. The standard InChI is InChI=1S/C18H26N6O/c1-13(2)12-22-8-10-23(11-9-22)16-5-3-4-15-19-18(21-24(15)16)20-17(25)14-6-7-14/h3-5,13-14H,6-12H2,1-2H3,(H,20,21,25). The predicted molar refractivity (Wildman–Crippen MR) is 97.8 cm³/mol. The van der Waals surface area contributed by atoms with Gasteiger partial charge in [0.25, 0.3) is 0 Å². The number of piperazine rings is 1. The van der Waals surface area contributed by atoms with E-state index >= 15 is 0 Å². The minimum atomic E-state index is 0.0414. The van der Waals surface area contributed by atoms with Crippen LogP contribution in [-0.2, 0) is 4.79 Å². The van der Waals surface area contributed by atoms with Crippen molar-refractivity contribution >= 4 is 23.3 Å². The van der Waals surface area contributed by atoms with Crippen LogP contribution in [0.15, 0.2) is 18.2 Å². The Morgan fingerprint density at radius 1 is 1.24 bits per heavy atom. The minimum Gasteiger partial charge on any atom is -0.354 e. The van der Waals surface area contributed by atoms with Gasteiger partial charge in [0.1, 0.15) is 5.82 Å². The molecule has 7 heteroatoms. The minimum absolute atomic E-state index is 0.0414. The number of rotatable bonds is 5. The third kappa shape index (κ3) is 3.61. The number of fused-ring (bicyclic) bond motifs is 1. The van der Waals surface area contributed by atoms with E-state index in [-0.39, 0.29) is 11.8 Å². The van der Waals surface area contributed by atoms with Gasteiger partial charge in [-0.15, -0.1) is 5.10 Å². The fourth-order valence-corrected chi connectivity index (χ4v) is 3.42. The van der Waals surface area contributed by atoms with Gasteiger partial charge in [0.2, 0.25) is 11.9 Å². The molecular formula is C18H26N6O. The van der Waals surface area contributed by atoms with E-state index in [0.29, 0.717) is 11.9 Å². The van der Waals surface area contributed by atoms with Crippen LogP contribution in [-0.4, -0.2) is 58.1 Å². The maximum absolute atomic E-state index is 11.9. The number of anilines is 2. The first-order valence-electron chi connectivity index (χ1n) is 9.24. The summed E-state index contributed by atoms with van der Waals surface area (Å²) >= 11 is 0. The van der Waals surface area contributed by atoms with Gasteiger partial charge in [-0.1, -0.05) is 19.9 Å². The number of nitrogens with one attached hydrogen (secondary N) is 1. The first-order valence-corrected chi connectivity index (χ1v) is 9.24. The van der Waals surface area contributed by atoms with Crippen molar-refractivity contribution in [3.8, 4) is 0 Å². The van der Waals surface area contributed by atoms with Gasteiger partial charge in [-0.25, -0.2) is 0 Å². The average molecular weight is 342 g/mol. The Balaban J connectivity index is 1.50. The Kier molecular flexibility index (Phi) is 4.33. The molecule has 0 unspecified atom stereocenters. The topological polar surface area (TPSA) is 65.8 Å². The van der Waals surface area contributed by atoms with E-state index in [4.69, 9.17) is 0 Å². The van der Waals surface area contributed by atoms with Crippen LogP contribution in [0.25, 0.3) is 5.65 Å². The van der Waals surface area contributed by atoms with Gasteiger partial charge in [0, 0.05) is 38.6 Å². The quantitative estimate of drug-likeness (QED) is 0.898. The van der Waals surface area contributed by atoms with E-state index < -0.39 is 0 Å². The highest BCUT2D eigenvalue weighted by Crippen LogP contribution is 2.30. The van der Waals surface area contributed by atoms with Gasteiger partial charge in [0.15, 0.2) is 5.65 Å². The highest BCUT2D eigenvalue weighted by atomic mass is 16.2. The third-order valence-electron chi connectivity index (χ3n) is 4.84. The molecule has 1 saturated carbocycles. The Bertz CT molecular complexity index is 758. The Morgan fingerprint density at radius 2 is 2.00 bits per heavy atom. The lowest BCUT2D eigenvalue weighted by Crippen LogP contribution is -2.48. The monoisotopic (exact) mass is 342 g/mol. The molecule has 0 bridgehead atoms. The Labute approximate surface area is 148 Å². The second-order valence-corrected chi connectivity index (χ2v) is 7.53. The van der Waals surface area contributed by atoms with E-state index in [1.807, 2.05) is 16.6 Å². The van der Waals surface area contributed by atoms with Gasteiger partial charge >= 0.3 is 0 Å². The molecule has 134 valence electrons. The molecule has 2 aliphatic rings. The predicted octanol–water partition coefficient (Wildman–Crippen LogP) is 1.86. The SMILES string of the molecule is CC(C)CN1CCN(c2cccc3nc(NC(=O)C4CC4)nn23)CC1. The number of pyridine rings is 1. The number of hydrogen-bond donors (Lipinski definition) is 1. The molecule has 2 fully saturated rings. The van der Waals surface area contributed by atoms with E-state index in [1.54, 1.807) is 0 Å². The highest BCUT2D eigenvalue weighted by molar-refractivity contribution is 5.92. The zero-order chi connectivity index (χ0) is 17.4. The van der Waals surface area contributed by atoms with Crippen molar-refractivity contribution in [3.05, 3.63) is 18.2 Å². The van der Waals surface area contributed by atoms with Crippen LogP contribution in [0.1, 0.15) is 26.7 Å². The summed E-state index contributed by atoms with van der Waals surface area (Å²) in [5.74, 6) is 2.34. The molecule has 0 spiro atoms. The molecular weight excluding hydrogens is 316 g/mol. The second-order valence-electron chi connectivity index (χ2n) is 7.53. The smallest absolute Gasteiger partial charge is 0.249 e. The molecule has 3 heterocycles. The Hall–Kier alpha value is -2.15. The van der Waals surface area contributed by atoms with Gasteiger partial charge in [-0.2, -0.15) is 9.50 Å². The van der Waals surface area contributed by atoms with Crippen molar-refractivity contribution in [1.29, 1.82) is 0 Å². The molecule has 1 aliphatic carbocycles. The van der Waals surface area contributed by atoms with Crippen LogP contribution < -0.4 is 10.2 Å². The van der Waals surface area contributed by atoms with Crippen molar-refractivity contribution in [2.75, 3.05) is 42.9 Å². The summed E-state index contributed by atoms with van der Waals surface area (Å²) in [4.78, 5) is 21.3. The van der Waals surface area contributed by atoms with Crippen LogP contribution in [0, 0.1) is 11.8 Å². The Morgan fingerprint density at radius 3 is 2.68 bits per heavy atom. The number of aromatic nitrogens is 3. The third-order valence-corrected chi connectivity index (χ3v) is 4.84. The molecule has 4 rings (SSSR count). The number of carbonyl (C=O) groups is 1. The summed E-state index contributed by atoms with van der Waals surface area (Å²) in [6, 6.07) is 6.01. The van der Waals surface area contributed by atoms with Crippen molar-refractivity contribution in [1.82, 2.24) is 19.5 Å². The van der Waals surface area contributed by atoms with E-state index in [2.05, 4.69) is 45.1 Å². The van der Waals surface area contributed by atoms with E-state index in [1.165, 1.54) is 0 Å². The van der Waals surface area contributed by atoms with Crippen molar-refractivity contribution in [2.24, 2.45) is 11.8 Å². The zero-order valence-electron chi connectivity index (χ0n) is 15.0. The maximum Gasteiger partial charge on any atom is 0.249 e. The molecule has 1 saturated heterocycles. The lowest BCUT2D eigenvalue weighted by Gasteiger charge is -2.36. The summed E-state index contributed by atoms with van der Waals surface area (Å²) in [6.45, 7) is 9.77. The van der Waals surface area contributed by atoms with Crippen molar-refractivity contribution in [2.45, 2.75) is 26.7 Å². The molecule has 0 atom stereocenters. The molecule has 0 radical (unpaired) electrons. The number of nitrogens with zero attached hydrogens (tertiary/aromatic N) is 5. The summed E-state index contributed by atoms with van der Waals surface area (Å²) in [5, 5.41) is 7.37.